The molecule has 0 aliphatic rings. The van der Waals surface area contributed by atoms with Crippen LogP contribution in [0.5, 0.6) is 11.5 Å². The van der Waals surface area contributed by atoms with Gasteiger partial charge in [-0.3, -0.25) is 9.47 Å². The average molecular weight is 425 g/mol. The third kappa shape index (κ3) is 5.17. The van der Waals surface area contributed by atoms with Gasteiger partial charge < -0.3 is 9.47 Å². The van der Waals surface area contributed by atoms with Crippen LogP contribution in [0, 0.1) is 4.77 Å². The molecule has 3 rings (SSSR count). The summed E-state index contributed by atoms with van der Waals surface area (Å²) < 4.78 is 15.3. The van der Waals surface area contributed by atoms with Gasteiger partial charge in [-0.15, -0.1) is 6.58 Å². The van der Waals surface area contributed by atoms with E-state index in [-0.39, 0.29) is 0 Å². The molecule has 3 aromatic rings. The molecule has 0 saturated heterocycles. The van der Waals surface area contributed by atoms with Crippen molar-refractivity contribution in [2.45, 2.75) is 26.7 Å². The SMILES string of the molecule is C=CCn1c(-c2ccc(OC)cc2)nn(CN(C)Cc2ccc(OCC)cc2)c1=S. The highest BCUT2D eigenvalue weighted by Crippen LogP contribution is 2.22. The summed E-state index contributed by atoms with van der Waals surface area (Å²) in [4.78, 5) is 2.18. The molecule has 0 N–H and O–H groups in total. The molecular weight excluding hydrogens is 396 g/mol. The minimum absolute atomic E-state index is 0.583. The Morgan fingerprint density at radius 1 is 1.10 bits per heavy atom. The molecule has 0 fully saturated rings. The molecule has 1 heterocycles. The minimum atomic E-state index is 0.583. The van der Waals surface area contributed by atoms with Gasteiger partial charge >= 0.3 is 0 Å². The normalized spacial score (nSPS) is 10.9. The van der Waals surface area contributed by atoms with Gasteiger partial charge in [-0.25, -0.2) is 4.68 Å². The predicted molar refractivity (Wildman–Crippen MR) is 122 cm³/mol. The third-order valence-corrected chi connectivity index (χ3v) is 5.08. The third-order valence-electron chi connectivity index (χ3n) is 4.64. The first-order chi connectivity index (χ1) is 14.5. The molecule has 0 aliphatic heterocycles. The lowest BCUT2D eigenvalue weighted by atomic mass is 10.2. The molecule has 0 radical (unpaired) electrons. The lowest BCUT2D eigenvalue weighted by Gasteiger charge is -2.16. The lowest BCUT2D eigenvalue weighted by Crippen LogP contribution is -2.22. The Morgan fingerprint density at radius 2 is 1.77 bits per heavy atom. The van der Waals surface area contributed by atoms with Crippen molar-refractivity contribution < 1.29 is 9.47 Å². The van der Waals surface area contributed by atoms with Crippen molar-refractivity contribution in [2.75, 3.05) is 20.8 Å². The van der Waals surface area contributed by atoms with Crippen molar-refractivity contribution >= 4 is 12.2 Å². The van der Waals surface area contributed by atoms with Crippen LogP contribution in [0.25, 0.3) is 11.4 Å². The van der Waals surface area contributed by atoms with Crippen LogP contribution in [0.3, 0.4) is 0 Å². The summed E-state index contributed by atoms with van der Waals surface area (Å²) in [5.41, 5.74) is 2.19. The Kier molecular flexibility index (Phi) is 7.43. The summed E-state index contributed by atoms with van der Waals surface area (Å²) in [5, 5.41) is 4.80. The van der Waals surface area contributed by atoms with E-state index in [1.807, 2.05) is 58.6 Å². The molecule has 0 amide bonds. The summed E-state index contributed by atoms with van der Waals surface area (Å²) in [7, 11) is 3.71. The highest BCUT2D eigenvalue weighted by molar-refractivity contribution is 7.71. The van der Waals surface area contributed by atoms with Gasteiger partial charge in [0, 0.05) is 18.7 Å². The summed E-state index contributed by atoms with van der Waals surface area (Å²) >= 11 is 5.70. The fourth-order valence-electron chi connectivity index (χ4n) is 3.23. The first kappa shape index (κ1) is 21.8. The van der Waals surface area contributed by atoms with E-state index >= 15 is 0 Å². The van der Waals surface area contributed by atoms with Crippen LogP contribution >= 0.6 is 12.2 Å². The van der Waals surface area contributed by atoms with Gasteiger partial charge in [0.2, 0.25) is 0 Å². The second-order valence-electron chi connectivity index (χ2n) is 6.97. The molecule has 0 atom stereocenters. The molecule has 158 valence electrons. The van der Waals surface area contributed by atoms with Crippen LogP contribution in [-0.2, 0) is 19.8 Å². The first-order valence-corrected chi connectivity index (χ1v) is 10.3. The molecular formula is C23H28N4O2S. The van der Waals surface area contributed by atoms with Gasteiger partial charge in [0.1, 0.15) is 11.5 Å². The van der Waals surface area contributed by atoms with Crippen molar-refractivity contribution in [1.29, 1.82) is 0 Å². The van der Waals surface area contributed by atoms with Crippen molar-refractivity contribution in [3.05, 3.63) is 71.5 Å². The molecule has 0 spiro atoms. The molecule has 0 aliphatic carbocycles. The standard InChI is InChI=1S/C23H28N4O2S/c1-5-15-26-22(19-9-13-20(28-4)14-10-19)24-27(23(26)30)17-25(3)16-18-7-11-21(12-8-18)29-6-2/h5,7-14H,1,6,15-17H2,2-4H3. The molecule has 0 unspecified atom stereocenters. The fourth-order valence-corrected chi connectivity index (χ4v) is 3.49. The average Bonchev–Trinajstić information content (AvgIpc) is 3.05. The highest BCUT2D eigenvalue weighted by Gasteiger charge is 2.13. The Bertz CT molecular complexity index is 1020. The number of methoxy groups -OCH3 is 1. The van der Waals surface area contributed by atoms with Crippen molar-refractivity contribution in [1.82, 2.24) is 19.2 Å². The quantitative estimate of drug-likeness (QED) is 0.347. The minimum Gasteiger partial charge on any atom is -0.497 e. The molecule has 1 aromatic heterocycles. The smallest absolute Gasteiger partial charge is 0.199 e. The number of hydrogen-bond donors (Lipinski definition) is 0. The summed E-state index contributed by atoms with van der Waals surface area (Å²) in [6, 6.07) is 16.0. The van der Waals surface area contributed by atoms with E-state index in [0.29, 0.717) is 24.6 Å². The monoisotopic (exact) mass is 424 g/mol. The maximum absolute atomic E-state index is 5.70. The van der Waals surface area contributed by atoms with Crippen LogP contribution in [0.2, 0.25) is 0 Å². The highest BCUT2D eigenvalue weighted by atomic mass is 32.1. The zero-order valence-electron chi connectivity index (χ0n) is 17.7. The number of benzene rings is 2. The number of allylic oxidation sites excluding steroid dienone is 1. The van der Waals surface area contributed by atoms with E-state index in [1.165, 1.54) is 5.56 Å². The Hall–Kier alpha value is -2.90. The summed E-state index contributed by atoms with van der Waals surface area (Å²) in [6.45, 7) is 8.47. The maximum atomic E-state index is 5.70. The Balaban J connectivity index is 1.79. The van der Waals surface area contributed by atoms with Gasteiger partial charge in [0.05, 0.1) is 20.4 Å². The maximum Gasteiger partial charge on any atom is 0.199 e. The zero-order chi connectivity index (χ0) is 21.5. The molecule has 6 nitrogen and oxygen atoms in total. The van der Waals surface area contributed by atoms with Gasteiger partial charge in [-0.2, -0.15) is 5.10 Å². The van der Waals surface area contributed by atoms with Gasteiger partial charge in [-0.1, -0.05) is 18.2 Å². The van der Waals surface area contributed by atoms with Gasteiger partial charge in [0.25, 0.3) is 0 Å². The topological polar surface area (TPSA) is 44.5 Å². The number of hydrogen-bond acceptors (Lipinski definition) is 5. The van der Waals surface area contributed by atoms with E-state index < -0.39 is 0 Å². The van der Waals surface area contributed by atoms with Crippen LogP contribution in [0.4, 0.5) is 0 Å². The predicted octanol–water partition coefficient (Wildman–Crippen LogP) is 4.76. The zero-order valence-corrected chi connectivity index (χ0v) is 18.6. The largest absolute Gasteiger partial charge is 0.497 e. The molecule has 0 saturated carbocycles. The van der Waals surface area contributed by atoms with E-state index in [4.69, 9.17) is 26.8 Å². The Morgan fingerprint density at radius 3 is 2.37 bits per heavy atom. The number of aromatic nitrogens is 3. The molecule has 0 bridgehead atoms. The first-order valence-electron chi connectivity index (χ1n) is 9.89. The van der Waals surface area contributed by atoms with Crippen molar-refractivity contribution in [2.24, 2.45) is 0 Å². The van der Waals surface area contributed by atoms with Crippen molar-refractivity contribution in [3.8, 4) is 22.9 Å². The van der Waals surface area contributed by atoms with Crippen LogP contribution < -0.4 is 9.47 Å². The lowest BCUT2D eigenvalue weighted by molar-refractivity contribution is 0.244. The van der Waals surface area contributed by atoms with Gasteiger partial charge in [-0.05, 0) is 68.2 Å². The van der Waals surface area contributed by atoms with E-state index in [9.17, 15) is 0 Å². The molecule has 7 heteroatoms. The Labute approximate surface area is 183 Å². The van der Waals surface area contributed by atoms with E-state index in [0.717, 1.165) is 29.4 Å². The number of ether oxygens (including phenoxy) is 2. The van der Waals surface area contributed by atoms with Crippen LogP contribution in [0.1, 0.15) is 12.5 Å². The van der Waals surface area contributed by atoms with Gasteiger partial charge in [0.15, 0.2) is 10.6 Å². The summed E-state index contributed by atoms with van der Waals surface area (Å²) in [5.74, 6) is 2.51. The van der Waals surface area contributed by atoms with Crippen molar-refractivity contribution in [3.63, 3.8) is 0 Å². The molecule has 2 aromatic carbocycles. The van der Waals surface area contributed by atoms with E-state index in [1.54, 1.807) is 7.11 Å². The van der Waals surface area contributed by atoms with E-state index in [2.05, 4.69) is 30.7 Å². The van der Waals surface area contributed by atoms with Crippen LogP contribution in [-0.4, -0.2) is 40.0 Å². The number of nitrogens with zero attached hydrogens (tertiary/aromatic N) is 4. The number of rotatable bonds is 10. The second kappa shape index (κ2) is 10.2. The molecule has 30 heavy (non-hydrogen) atoms. The second-order valence-corrected chi connectivity index (χ2v) is 7.33. The van der Waals surface area contributed by atoms with Crippen LogP contribution in [0.15, 0.2) is 61.2 Å². The summed E-state index contributed by atoms with van der Waals surface area (Å²) in [6.07, 6.45) is 1.83. The fraction of sp³-hybridized carbons (Fsp3) is 0.304.